The maximum atomic E-state index is 12.6. The molecule has 2 amide bonds. The maximum absolute atomic E-state index is 12.6. The number of ether oxygens (including phenoxy) is 2. The molecule has 1 saturated heterocycles. The summed E-state index contributed by atoms with van der Waals surface area (Å²) < 4.78 is 11.0. The average Bonchev–Trinajstić information content (AvgIpc) is 2.74. The summed E-state index contributed by atoms with van der Waals surface area (Å²) in [5.74, 6) is 1.17. The highest BCUT2D eigenvalue weighted by atomic mass is 16.6. The molecule has 1 N–H and O–H groups in total. The minimum atomic E-state index is -0.115. The largest absolute Gasteiger partial charge is 0.486 e. The zero-order valence-corrected chi connectivity index (χ0v) is 14.9. The Hall–Kier alpha value is -3.09. The molecule has 140 valence electrons. The summed E-state index contributed by atoms with van der Waals surface area (Å²) in [6, 6.07) is 8.91. The van der Waals surface area contributed by atoms with Crippen molar-refractivity contribution in [1.82, 2.24) is 9.88 Å². The monoisotopic (exact) mass is 367 g/mol. The minimum absolute atomic E-state index is 0.0276. The SMILES string of the molecule is O=C(Nc1ccc2c(c1)OCCO2)C1CCN(C(=O)c2cccnc2)CC1. The molecule has 1 aromatic heterocycles. The van der Waals surface area contributed by atoms with Crippen LogP contribution in [-0.2, 0) is 4.79 Å². The van der Waals surface area contributed by atoms with Crippen molar-refractivity contribution in [1.29, 1.82) is 0 Å². The summed E-state index contributed by atoms with van der Waals surface area (Å²) in [5, 5.41) is 2.95. The molecule has 2 aliphatic heterocycles. The first-order chi connectivity index (χ1) is 13.2. The van der Waals surface area contributed by atoms with Crippen LogP contribution in [0.2, 0.25) is 0 Å². The van der Waals surface area contributed by atoms with Crippen molar-refractivity contribution in [2.24, 2.45) is 5.92 Å². The number of rotatable bonds is 3. The number of likely N-dealkylation sites (tertiary alicyclic amines) is 1. The molecule has 0 bridgehead atoms. The number of carbonyl (C=O) groups excluding carboxylic acids is 2. The van der Waals surface area contributed by atoms with Gasteiger partial charge in [-0.05, 0) is 37.1 Å². The van der Waals surface area contributed by atoms with E-state index < -0.39 is 0 Å². The standard InChI is InChI=1S/C20H21N3O4/c24-19(22-16-3-4-17-18(12-16)27-11-10-26-17)14-5-8-23(9-6-14)20(25)15-2-1-7-21-13-15/h1-4,7,12-14H,5-6,8-11H2,(H,22,24). The maximum Gasteiger partial charge on any atom is 0.255 e. The van der Waals surface area contributed by atoms with Gasteiger partial charge in [-0.1, -0.05) is 0 Å². The van der Waals surface area contributed by atoms with Gasteiger partial charge in [0, 0.05) is 43.2 Å². The van der Waals surface area contributed by atoms with E-state index in [1.54, 1.807) is 41.6 Å². The molecule has 4 rings (SSSR count). The van der Waals surface area contributed by atoms with Gasteiger partial charge < -0.3 is 19.7 Å². The average molecular weight is 367 g/mol. The molecule has 0 radical (unpaired) electrons. The molecule has 7 heteroatoms. The first kappa shape index (κ1) is 17.3. The van der Waals surface area contributed by atoms with E-state index in [-0.39, 0.29) is 17.7 Å². The summed E-state index contributed by atoms with van der Waals surface area (Å²) in [6.45, 7) is 2.17. The number of aromatic nitrogens is 1. The number of pyridine rings is 1. The Morgan fingerprint density at radius 3 is 2.59 bits per heavy atom. The van der Waals surface area contributed by atoms with Crippen molar-refractivity contribution >= 4 is 17.5 Å². The molecule has 2 aromatic rings. The van der Waals surface area contributed by atoms with Crippen molar-refractivity contribution in [2.75, 3.05) is 31.6 Å². The fraction of sp³-hybridized carbons (Fsp3) is 0.350. The van der Waals surface area contributed by atoms with Crippen LogP contribution in [0.3, 0.4) is 0 Å². The Morgan fingerprint density at radius 1 is 1.07 bits per heavy atom. The van der Waals surface area contributed by atoms with Crippen LogP contribution in [0.4, 0.5) is 5.69 Å². The van der Waals surface area contributed by atoms with Crippen LogP contribution in [0, 0.1) is 5.92 Å². The smallest absolute Gasteiger partial charge is 0.255 e. The number of carbonyl (C=O) groups is 2. The lowest BCUT2D eigenvalue weighted by Gasteiger charge is -2.31. The first-order valence-corrected chi connectivity index (χ1v) is 9.10. The highest BCUT2D eigenvalue weighted by molar-refractivity contribution is 5.95. The Bertz CT molecular complexity index is 832. The zero-order chi connectivity index (χ0) is 18.6. The van der Waals surface area contributed by atoms with E-state index in [9.17, 15) is 9.59 Å². The summed E-state index contributed by atoms with van der Waals surface area (Å²) in [6.07, 6.45) is 4.50. The van der Waals surface area contributed by atoms with Crippen LogP contribution in [-0.4, -0.2) is 48.0 Å². The third-order valence-electron chi connectivity index (χ3n) is 4.87. The van der Waals surface area contributed by atoms with Gasteiger partial charge in [0.2, 0.25) is 5.91 Å². The van der Waals surface area contributed by atoms with Crippen LogP contribution in [0.5, 0.6) is 11.5 Å². The van der Waals surface area contributed by atoms with Crippen molar-refractivity contribution in [2.45, 2.75) is 12.8 Å². The van der Waals surface area contributed by atoms with Crippen LogP contribution < -0.4 is 14.8 Å². The zero-order valence-electron chi connectivity index (χ0n) is 14.9. The normalized spacial score (nSPS) is 16.7. The van der Waals surface area contributed by atoms with E-state index in [0.717, 1.165) is 0 Å². The second-order valence-corrected chi connectivity index (χ2v) is 6.66. The third kappa shape index (κ3) is 3.86. The molecule has 0 atom stereocenters. The molecule has 7 nitrogen and oxygen atoms in total. The first-order valence-electron chi connectivity index (χ1n) is 9.10. The number of nitrogens with zero attached hydrogens (tertiary/aromatic N) is 2. The van der Waals surface area contributed by atoms with Crippen LogP contribution in [0.15, 0.2) is 42.7 Å². The number of benzene rings is 1. The van der Waals surface area contributed by atoms with Gasteiger partial charge in [0.15, 0.2) is 11.5 Å². The summed E-state index contributed by atoms with van der Waals surface area (Å²) in [7, 11) is 0. The Labute approximate surface area is 157 Å². The lowest BCUT2D eigenvalue weighted by molar-refractivity contribution is -0.121. The van der Waals surface area contributed by atoms with Crippen molar-refractivity contribution in [3.8, 4) is 11.5 Å². The third-order valence-corrected chi connectivity index (χ3v) is 4.87. The molecular formula is C20H21N3O4. The highest BCUT2D eigenvalue weighted by Gasteiger charge is 2.28. The molecule has 1 fully saturated rings. The van der Waals surface area contributed by atoms with Crippen LogP contribution in [0.1, 0.15) is 23.2 Å². The molecule has 0 unspecified atom stereocenters. The van der Waals surface area contributed by atoms with Gasteiger partial charge in [-0.25, -0.2) is 0 Å². The lowest BCUT2D eigenvalue weighted by Crippen LogP contribution is -2.41. The van der Waals surface area contributed by atoms with Crippen molar-refractivity contribution in [3.05, 3.63) is 48.3 Å². The highest BCUT2D eigenvalue weighted by Crippen LogP contribution is 2.33. The predicted octanol–water partition coefficient (Wildman–Crippen LogP) is 2.34. The van der Waals surface area contributed by atoms with E-state index in [1.807, 2.05) is 6.07 Å². The molecular weight excluding hydrogens is 346 g/mol. The Morgan fingerprint density at radius 2 is 1.85 bits per heavy atom. The summed E-state index contributed by atoms with van der Waals surface area (Å²) >= 11 is 0. The van der Waals surface area contributed by atoms with Crippen LogP contribution in [0.25, 0.3) is 0 Å². The lowest BCUT2D eigenvalue weighted by atomic mass is 9.95. The number of hydrogen-bond donors (Lipinski definition) is 1. The fourth-order valence-electron chi connectivity index (χ4n) is 3.38. The molecule has 0 spiro atoms. The van der Waals surface area contributed by atoms with Gasteiger partial charge in [0.25, 0.3) is 5.91 Å². The van der Waals surface area contributed by atoms with Gasteiger partial charge in [0.1, 0.15) is 13.2 Å². The van der Waals surface area contributed by atoms with E-state index in [2.05, 4.69) is 10.3 Å². The van der Waals surface area contributed by atoms with E-state index in [1.165, 1.54) is 0 Å². The topological polar surface area (TPSA) is 80.8 Å². The van der Waals surface area contributed by atoms with Crippen molar-refractivity contribution in [3.63, 3.8) is 0 Å². The number of amides is 2. The van der Waals surface area contributed by atoms with Crippen LogP contribution >= 0.6 is 0 Å². The number of anilines is 1. The summed E-state index contributed by atoms with van der Waals surface area (Å²) in [4.78, 5) is 30.8. The van der Waals surface area contributed by atoms with Gasteiger partial charge >= 0.3 is 0 Å². The number of nitrogens with one attached hydrogen (secondary N) is 1. The predicted molar refractivity (Wildman–Crippen MR) is 98.9 cm³/mol. The van der Waals surface area contributed by atoms with Gasteiger partial charge in [-0.3, -0.25) is 14.6 Å². The van der Waals surface area contributed by atoms with Crippen molar-refractivity contribution < 1.29 is 19.1 Å². The second kappa shape index (κ2) is 7.65. The summed E-state index contributed by atoms with van der Waals surface area (Å²) in [5.41, 5.74) is 1.27. The molecule has 3 heterocycles. The molecule has 0 saturated carbocycles. The van der Waals surface area contributed by atoms with E-state index in [4.69, 9.17) is 9.47 Å². The van der Waals surface area contributed by atoms with Gasteiger partial charge in [-0.2, -0.15) is 0 Å². The molecule has 27 heavy (non-hydrogen) atoms. The minimum Gasteiger partial charge on any atom is -0.486 e. The van der Waals surface area contributed by atoms with Gasteiger partial charge in [0.05, 0.1) is 5.56 Å². The van der Waals surface area contributed by atoms with E-state index in [0.29, 0.717) is 61.9 Å². The molecule has 0 aliphatic carbocycles. The number of fused-ring (bicyclic) bond motifs is 1. The number of piperidine rings is 1. The quantitative estimate of drug-likeness (QED) is 0.901. The van der Waals surface area contributed by atoms with E-state index >= 15 is 0 Å². The fourth-order valence-corrected chi connectivity index (χ4v) is 3.38. The second-order valence-electron chi connectivity index (χ2n) is 6.66. The Balaban J connectivity index is 1.33. The molecule has 2 aliphatic rings. The van der Waals surface area contributed by atoms with Gasteiger partial charge in [-0.15, -0.1) is 0 Å². The number of hydrogen-bond acceptors (Lipinski definition) is 5. The molecule has 1 aromatic carbocycles. The Kier molecular flexibility index (Phi) is 4.91.